The van der Waals surface area contributed by atoms with Crippen LogP contribution >= 0.6 is 0 Å². The van der Waals surface area contributed by atoms with Crippen LogP contribution < -0.4 is 0 Å². The molecule has 24 heavy (non-hydrogen) atoms. The lowest BCUT2D eigenvalue weighted by atomic mass is 9.74. The smallest absolute Gasteiger partial charge is 0.198 e. The number of hydrogen-bond acceptors (Lipinski definition) is 5. The van der Waals surface area contributed by atoms with E-state index in [2.05, 4.69) is 0 Å². The number of ketones is 2. The summed E-state index contributed by atoms with van der Waals surface area (Å²) in [5.41, 5.74) is 0.978. The number of aromatic hydroxyl groups is 2. The molecule has 3 N–H and O–H groups in total. The zero-order valence-corrected chi connectivity index (χ0v) is 13.0. The molecular weight excluding hydrogens is 308 g/mol. The number of aliphatic hydroxyl groups excluding tert-OH is 1. The van der Waals surface area contributed by atoms with Crippen molar-refractivity contribution in [2.75, 3.05) is 0 Å². The first-order valence-corrected chi connectivity index (χ1v) is 7.89. The average molecular weight is 324 g/mol. The first kappa shape index (κ1) is 14.9. The molecule has 122 valence electrons. The van der Waals surface area contributed by atoms with Crippen molar-refractivity contribution >= 4 is 11.6 Å². The Morgan fingerprint density at radius 2 is 1.50 bits per heavy atom. The fourth-order valence-corrected chi connectivity index (χ4v) is 3.97. The number of phenolic OH excluding ortho intramolecular Hbond substituents is 2. The highest BCUT2D eigenvalue weighted by Crippen LogP contribution is 2.48. The second-order valence-corrected chi connectivity index (χ2v) is 6.54. The Morgan fingerprint density at radius 3 is 2.08 bits per heavy atom. The molecule has 0 saturated heterocycles. The highest BCUT2D eigenvalue weighted by Gasteiger charge is 2.40. The minimum absolute atomic E-state index is 0.127. The van der Waals surface area contributed by atoms with Gasteiger partial charge in [-0.1, -0.05) is 31.2 Å². The number of aliphatic hydroxyl groups is 1. The molecule has 5 nitrogen and oxygen atoms in total. The predicted molar refractivity (Wildman–Crippen MR) is 85.8 cm³/mol. The molecule has 2 aromatic rings. The fraction of sp³-hybridized carbons (Fsp3) is 0.263. The second kappa shape index (κ2) is 4.92. The molecule has 5 heteroatoms. The number of benzene rings is 2. The standard InChI is InChI=1S/C19H16O5/c1-8-6-9(20)7-12-13(8)19(24)15-14(18(12)23)16(21)10-4-2-3-5-11(10)17(15)22/h2-5,8-9,20,23-24H,6-7H2,1H3. The van der Waals surface area contributed by atoms with Crippen LogP contribution in [0.25, 0.3) is 0 Å². The van der Waals surface area contributed by atoms with Gasteiger partial charge in [0.25, 0.3) is 0 Å². The van der Waals surface area contributed by atoms with Crippen LogP contribution in [0.3, 0.4) is 0 Å². The van der Waals surface area contributed by atoms with Crippen molar-refractivity contribution in [3.05, 3.63) is 57.6 Å². The zero-order valence-electron chi connectivity index (χ0n) is 13.0. The predicted octanol–water partition coefficient (Wildman–Crippen LogP) is 2.28. The Kier molecular flexibility index (Phi) is 3.05. The summed E-state index contributed by atoms with van der Waals surface area (Å²) in [4.78, 5) is 25.6. The van der Waals surface area contributed by atoms with Crippen molar-refractivity contribution in [3.8, 4) is 11.5 Å². The van der Waals surface area contributed by atoms with Gasteiger partial charge in [-0.25, -0.2) is 0 Å². The lowest BCUT2D eigenvalue weighted by molar-refractivity contribution is 0.0972. The Morgan fingerprint density at radius 1 is 0.958 bits per heavy atom. The number of hydrogen-bond donors (Lipinski definition) is 3. The summed E-state index contributed by atoms with van der Waals surface area (Å²) in [7, 11) is 0. The van der Waals surface area contributed by atoms with E-state index in [1.807, 2.05) is 6.92 Å². The SMILES string of the molecule is CC1CC(O)Cc2c(O)c3c(c(O)c21)C(=O)c1ccccc1C3=O. The molecule has 0 fully saturated rings. The van der Waals surface area contributed by atoms with Gasteiger partial charge in [-0.15, -0.1) is 0 Å². The minimum Gasteiger partial charge on any atom is -0.507 e. The van der Waals surface area contributed by atoms with E-state index in [1.54, 1.807) is 18.2 Å². The van der Waals surface area contributed by atoms with Crippen LogP contribution in [-0.4, -0.2) is 33.0 Å². The fourth-order valence-electron chi connectivity index (χ4n) is 3.97. The Bertz CT molecular complexity index is 912. The molecule has 2 unspecified atom stereocenters. The molecule has 2 aliphatic rings. The molecule has 0 saturated carbocycles. The van der Waals surface area contributed by atoms with Crippen LogP contribution in [0.2, 0.25) is 0 Å². The third-order valence-corrected chi connectivity index (χ3v) is 5.02. The van der Waals surface area contributed by atoms with Crippen LogP contribution in [0, 0.1) is 0 Å². The summed E-state index contributed by atoms with van der Waals surface area (Å²) in [5.74, 6) is -1.71. The molecule has 0 spiro atoms. The summed E-state index contributed by atoms with van der Waals surface area (Å²) >= 11 is 0. The lowest BCUT2D eigenvalue weighted by Gasteiger charge is -2.31. The maximum atomic E-state index is 12.8. The van der Waals surface area contributed by atoms with Crippen molar-refractivity contribution in [2.24, 2.45) is 0 Å². The largest absolute Gasteiger partial charge is 0.507 e. The highest BCUT2D eigenvalue weighted by molar-refractivity contribution is 6.30. The maximum absolute atomic E-state index is 12.8. The molecule has 0 aromatic heterocycles. The van der Waals surface area contributed by atoms with E-state index < -0.39 is 17.7 Å². The summed E-state index contributed by atoms with van der Waals surface area (Å²) in [5, 5.41) is 31.3. The summed E-state index contributed by atoms with van der Waals surface area (Å²) in [6, 6.07) is 6.38. The maximum Gasteiger partial charge on any atom is 0.198 e. The molecule has 2 aromatic carbocycles. The van der Waals surface area contributed by atoms with Crippen LogP contribution in [0.15, 0.2) is 24.3 Å². The Labute approximate surface area is 138 Å². The van der Waals surface area contributed by atoms with E-state index in [1.165, 1.54) is 6.07 Å². The molecular formula is C19H16O5. The topological polar surface area (TPSA) is 94.8 Å². The number of carbonyl (C=O) groups is 2. The van der Waals surface area contributed by atoms with Crippen LogP contribution in [0.1, 0.15) is 62.2 Å². The lowest BCUT2D eigenvalue weighted by Crippen LogP contribution is -2.26. The molecule has 0 amide bonds. The zero-order chi connectivity index (χ0) is 17.2. The van der Waals surface area contributed by atoms with Gasteiger partial charge in [-0.05, 0) is 12.3 Å². The Balaban J connectivity index is 2.07. The van der Waals surface area contributed by atoms with Crippen molar-refractivity contribution in [1.29, 1.82) is 0 Å². The van der Waals surface area contributed by atoms with Gasteiger partial charge in [0.2, 0.25) is 0 Å². The summed E-state index contributed by atoms with van der Waals surface area (Å²) in [6.45, 7) is 1.82. The molecule has 0 heterocycles. The number of carbonyl (C=O) groups excluding carboxylic acids is 2. The van der Waals surface area contributed by atoms with Gasteiger partial charge in [0.05, 0.1) is 17.2 Å². The van der Waals surface area contributed by atoms with Crippen molar-refractivity contribution in [3.63, 3.8) is 0 Å². The monoisotopic (exact) mass is 324 g/mol. The molecule has 2 atom stereocenters. The van der Waals surface area contributed by atoms with E-state index in [4.69, 9.17) is 0 Å². The van der Waals surface area contributed by atoms with E-state index >= 15 is 0 Å². The summed E-state index contributed by atoms with van der Waals surface area (Å²) in [6.07, 6.45) is -0.0787. The average Bonchev–Trinajstić information content (AvgIpc) is 2.55. The van der Waals surface area contributed by atoms with Gasteiger partial charge in [0, 0.05) is 28.7 Å². The third kappa shape index (κ3) is 1.79. The first-order valence-electron chi connectivity index (χ1n) is 7.89. The third-order valence-electron chi connectivity index (χ3n) is 5.02. The van der Waals surface area contributed by atoms with Crippen molar-refractivity contribution in [1.82, 2.24) is 0 Å². The number of fused-ring (bicyclic) bond motifs is 3. The van der Waals surface area contributed by atoms with Gasteiger partial charge >= 0.3 is 0 Å². The highest BCUT2D eigenvalue weighted by atomic mass is 16.3. The van der Waals surface area contributed by atoms with Crippen LogP contribution in [0.4, 0.5) is 0 Å². The van der Waals surface area contributed by atoms with Crippen LogP contribution in [0.5, 0.6) is 11.5 Å². The van der Waals surface area contributed by atoms with E-state index in [0.29, 0.717) is 17.5 Å². The van der Waals surface area contributed by atoms with Gasteiger partial charge in [0.15, 0.2) is 11.6 Å². The number of rotatable bonds is 0. The molecule has 0 radical (unpaired) electrons. The van der Waals surface area contributed by atoms with E-state index in [0.717, 1.165) is 0 Å². The molecule has 0 aliphatic heterocycles. The first-order chi connectivity index (χ1) is 11.4. The quantitative estimate of drug-likeness (QED) is 0.552. The normalized spacial score (nSPS) is 21.9. The van der Waals surface area contributed by atoms with E-state index in [9.17, 15) is 24.9 Å². The van der Waals surface area contributed by atoms with E-state index in [-0.39, 0.29) is 46.1 Å². The van der Waals surface area contributed by atoms with Crippen LogP contribution in [-0.2, 0) is 6.42 Å². The van der Waals surface area contributed by atoms with Crippen molar-refractivity contribution in [2.45, 2.75) is 31.8 Å². The van der Waals surface area contributed by atoms with Gasteiger partial charge < -0.3 is 15.3 Å². The molecule has 2 aliphatic carbocycles. The van der Waals surface area contributed by atoms with Gasteiger partial charge in [-0.3, -0.25) is 9.59 Å². The van der Waals surface area contributed by atoms with Crippen molar-refractivity contribution < 1.29 is 24.9 Å². The number of phenols is 2. The molecule has 0 bridgehead atoms. The van der Waals surface area contributed by atoms with Gasteiger partial charge in [-0.2, -0.15) is 0 Å². The summed E-state index contributed by atoms with van der Waals surface area (Å²) < 4.78 is 0. The Hall–Kier alpha value is -2.66. The molecule has 4 rings (SSSR count). The van der Waals surface area contributed by atoms with Gasteiger partial charge in [0.1, 0.15) is 11.5 Å². The second-order valence-electron chi connectivity index (χ2n) is 6.54. The minimum atomic E-state index is -0.655.